The van der Waals surface area contributed by atoms with Crippen LogP contribution in [0.25, 0.3) is 15.7 Å². The van der Waals surface area contributed by atoms with Crippen molar-refractivity contribution in [3.63, 3.8) is 0 Å². The summed E-state index contributed by atoms with van der Waals surface area (Å²) in [4.78, 5) is 19.5. The number of piperazine rings is 1. The molecule has 0 amide bonds. The Balaban J connectivity index is 1.29. The summed E-state index contributed by atoms with van der Waals surface area (Å²) in [7, 11) is -3.54. The fourth-order valence-corrected chi connectivity index (χ4v) is 6.27. The second kappa shape index (κ2) is 7.79. The normalized spacial score (nSPS) is 16.3. The van der Waals surface area contributed by atoms with Crippen molar-refractivity contribution in [1.82, 2.24) is 23.8 Å². The van der Waals surface area contributed by atoms with Crippen molar-refractivity contribution < 1.29 is 8.42 Å². The Morgan fingerprint density at radius 3 is 2.52 bits per heavy atom. The molecule has 3 heterocycles. The van der Waals surface area contributed by atoms with Gasteiger partial charge in [-0.2, -0.15) is 13.9 Å². The van der Waals surface area contributed by atoms with Gasteiger partial charge in [-0.05, 0) is 29.8 Å². The van der Waals surface area contributed by atoms with Crippen LogP contribution in [-0.2, 0) is 16.6 Å². The van der Waals surface area contributed by atoms with Crippen LogP contribution in [0.15, 0.2) is 58.2 Å². The number of rotatable bonds is 4. The zero-order valence-corrected chi connectivity index (χ0v) is 18.6. The lowest BCUT2D eigenvalue weighted by Gasteiger charge is -2.33. The molecular formula is C21H21N5O3S2. The fraction of sp³-hybridized carbons (Fsp3) is 0.286. The molecule has 2 aromatic carbocycles. The lowest BCUT2D eigenvalue weighted by atomic mass is 10.1. The Morgan fingerprint density at radius 1 is 1.00 bits per heavy atom. The Morgan fingerprint density at radius 2 is 1.74 bits per heavy atom. The molecule has 0 spiro atoms. The molecule has 0 N–H and O–H groups in total. The molecule has 4 aromatic rings. The zero-order valence-electron chi connectivity index (χ0n) is 16.9. The van der Waals surface area contributed by atoms with Gasteiger partial charge in [-0.25, -0.2) is 13.4 Å². The zero-order chi connectivity index (χ0) is 21.6. The predicted molar refractivity (Wildman–Crippen MR) is 120 cm³/mol. The van der Waals surface area contributed by atoms with Crippen molar-refractivity contribution in [2.75, 3.05) is 26.2 Å². The molecule has 160 valence electrons. The first-order valence-corrected chi connectivity index (χ1v) is 12.2. The van der Waals surface area contributed by atoms with Gasteiger partial charge in [0.05, 0.1) is 11.4 Å². The van der Waals surface area contributed by atoms with E-state index in [1.165, 1.54) is 21.9 Å². The van der Waals surface area contributed by atoms with Gasteiger partial charge in [-0.15, -0.1) is 0 Å². The van der Waals surface area contributed by atoms with Crippen molar-refractivity contribution in [3.8, 4) is 0 Å². The van der Waals surface area contributed by atoms with Crippen LogP contribution in [0, 0.1) is 6.92 Å². The van der Waals surface area contributed by atoms with Gasteiger partial charge in [0.2, 0.25) is 15.0 Å². The highest BCUT2D eigenvalue weighted by molar-refractivity contribution is 7.89. The third-order valence-corrected chi connectivity index (χ3v) is 8.25. The Kier molecular flexibility index (Phi) is 5.09. The third kappa shape index (κ3) is 3.87. The van der Waals surface area contributed by atoms with Gasteiger partial charge in [0.25, 0.3) is 5.56 Å². The van der Waals surface area contributed by atoms with E-state index in [2.05, 4.69) is 15.0 Å². The van der Waals surface area contributed by atoms with E-state index in [0.717, 1.165) is 15.8 Å². The van der Waals surface area contributed by atoms with Crippen LogP contribution < -0.4 is 5.56 Å². The van der Waals surface area contributed by atoms with Crippen LogP contribution in [0.3, 0.4) is 0 Å². The number of benzene rings is 2. The maximum Gasteiger partial charge on any atom is 0.275 e. The molecule has 0 saturated carbocycles. The highest BCUT2D eigenvalue weighted by Gasteiger charge is 2.29. The average molecular weight is 456 g/mol. The van der Waals surface area contributed by atoms with Gasteiger partial charge in [-0.3, -0.25) is 9.69 Å². The number of aromatic nitrogens is 3. The predicted octanol–water partition coefficient (Wildman–Crippen LogP) is 2.12. The van der Waals surface area contributed by atoms with Crippen molar-refractivity contribution in [1.29, 1.82) is 0 Å². The Bertz CT molecular complexity index is 1440. The third-order valence-electron chi connectivity index (χ3n) is 5.46. The highest BCUT2D eigenvalue weighted by Crippen LogP contribution is 2.23. The van der Waals surface area contributed by atoms with Crippen LogP contribution in [0.2, 0.25) is 0 Å². The lowest BCUT2D eigenvalue weighted by Crippen LogP contribution is -2.48. The highest BCUT2D eigenvalue weighted by atomic mass is 32.2. The topological polar surface area (TPSA) is 87.9 Å². The van der Waals surface area contributed by atoms with Gasteiger partial charge < -0.3 is 0 Å². The minimum Gasteiger partial charge on any atom is -0.294 e. The molecule has 8 nitrogen and oxygen atoms in total. The number of fused-ring (bicyclic) bond motifs is 2. The number of sulfonamides is 1. The smallest absolute Gasteiger partial charge is 0.275 e. The van der Waals surface area contributed by atoms with E-state index in [9.17, 15) is 13.2 Å². The molecule has 0 aliphatic carbocycles. The van der Waals surface area contributed by atoms with E-state index < -0.39 is 10.0 Å². The SMILES string of the molecule is Cc1cc(=O)n2nc(CN3CCN(S(=O)(=O)c4ccc5ccccc5c4)CC3)sc2n1. The van der Waals surface area contributed by atoms with Gasteiger partial charge >= 0.3 is 0 Å². The van der Waals surface area contributed by atoms with Crippen LogP contribution >= 0.6 is 11.3 Å². The first-order chi connectivity index (χ1) is 14.9. The summed E-state index contributed by atoms with van der Waals surface area (Å²) in [6.45, 7) is 4.38. The largest absolute Gasteiger partial charge is 0.294 e. The summed E-state index contributed by atoms with van der Waals surface area (Å²) in [5.41, 5.74) is 0.490. The van der Waals surface area contributed by atoms with Crippen molar-refractivity contribution in [2.24, 2.45) is 0 Å². The van der Waals surface area contributed by atoms with Crippen molar-refractivity contribution >= 4 is 37.1 Å². The van der Waals surface area contributed by atoms with Gasteiger partial charge in [0.15, 0.2) is 0 Å². The molecule has 0 atom stereocenters. The molecule has 31 heavy (non-hydrogen) atoms. The van der Waals surface area contributed by atoms with Crippen LogP contribution in [0.4, 0.5) is 0 Å². The minimum absolute atomic E-state index is 0.184. The summed E-state index contributed by atoms with van der Waals surface area (Å²) in [5, 5.41) is 7.10. The van der Waals surface area contributed by atoms with Gasteiger partial charge in [0.1, 0.15) is 5.01 Å². The summed E-state index contributed by atoms with van der Waals surface area (Å²) < 4.78 is 29.1. The molecule has 1 aliphatic rings. The second-order valence-electron chi connectivity index (χ2n) is 7.62. The number of hydrogen-bond donors (Lipinski definition) is 0. The first kappa shape index (κ1) is 20.3. The first-order valence-electron chi connectivity index (χ1n) is 9.98. The summed E-state index contributed by atoms with van der Waals surface area (Å²) in [6.07, 6.45) is 0. The van der Waals surface area contributed by atoms with E-state index in [1.54, 1.807) is 23.4 Å². The summed E-state index contributed by atoms with van der Waals surface area (Å²) in [6, 6.07) is 14.5. The molecule has 0 bridgehead atoms. The molecule has 5 rings (SSSR count). The van der Waals surface area contributed by atoms with E-state index in [0.29, 0.717) is 48.3 Å². The molecular weight excluding hydrogens is 434 g/mol. The lowest BCUT2D eigenvalue weighted by molar-refractivity contribution is 0.181. The number of hydrogen-bond acceptors (Lipinski definition) is 7. The van der Waals surface area contributed by atoms with Gasteiger partial charge in [-0.1, -0.05) is 41.7 Å². The monoisotopic (exact) mass is 455 g/mol. The van der Waals surface area contributed by atoms with Crippen LogP contribution in [0.5, 0.6) is 0 Å². The molecule has 1 fully saturated rings. The molecule has 0 unspecified atom stereocenters. The molecule has 1 aliphatic heterocycles. The molecule has 0 radical (unpaired) electrons. The maximum atomic E-state index is 13.1. The quantitative estimate of drug-likeness (QED) is 0.468. The van der Waals surface area contributed by atoms with Crippen molar-refractivity contribution in [2.45, 2.75) is 18.4 Å². The van der Waals surface area contributed by atoms with E-state index in [1.807, 2.05) is 30.3 Å². The molecule has 2 aromatic heterocycles. The number of nitrogens with zero attached hydrogens (tertiary/aromatic N) is 5. The minimum atomic E-state index is -3.54. The second-order valence-corrected chi connectivity index (χ2v) is 10.6. The van der Waals surface area contributed by atoms with Gasteiger partial charge in [0, 0.05) is 37.9 Å². The van der Waals surface area contributed by atoms with E-state index in [4.69, 9.17) is 0 Å². The maximum absolute atomic E-state index is 13.1. The van der Waals surface area contributed by atoms with E-state index in [-0.39, 0.29) is 5.56 Å². The molecule has 10 heteroatoms. The fourth-order valence-electron chi connectivity index (χ4n) is 3.82. The number of aryl methyl sites for hydroxylation is 1. The Hall–Kier alpha value is -2.66. The average Bonchev–Trinajstić information content (AvgIpc) is 3.16. The standard InChI is InChI=1S/C21H21N5O3S2/c1-15-12-20(27)26-21(22-15)30-19(23-26)14-24-8-10-25(11-9-24)31(28,29)18-7-6-16-4-2-3-5-17(16)13-18/h2-7,12-13H,8-11,14H2,1H3. The van der Waals surface area contributed by atoms with Crippen LogP contribution in [0.1, 0.15) is 10.7 Å². The summed E-state index contributed by atoms with van der Waals surface area (Å²) in [5.74, 6) is 0. The van der Waals surface area contributed by atoms with Crippen LogP contribution in [-0.4, -0.2) is 58.4 Å². The van der Waals surface area contributed by atoms with E-state index >= 15 is 0 Å². The summed E-state index contributed by atoms with van der Waals surface area (Å²) >= 11 is 1.39. The molecule has 1 saturated heterocycles. The van der Waals surface area contributed by atoms with Crippen molar-refractivity contribution in [3.05, 3.63) is 69.6 Å². The Labute approximate surface area is 183 Å².